The average molecular weight is 298 g/mol. The predicted octanol–water partition coefficient (Wildman–Crippen LogP) is 0.359. The summed E-state index contributed by atoms with van der Waals surface area (Å²) < 4.78 is 37.8. The van der Waals surface area contributed by atoms with Crippen LogP contribution in [-0.4, -0.2) is 44.7 Å². The molecule has 0 aliphatic heterocycles. The topological polar surface area (TPSA) is 82.4 Å². The van der Waals surface area contributed by atoms with Gasteiger partial charge in [0.05, 0.1) is 17.3 Å². The molecule has 0 fully saturated rings. The van der Waals surface area contributed by atoms with Crippen molar-refractivity contribution in [1.29, 1.82) is 0 Å². The number of nitrogens with zero attached hydrogens (tertiary/aromatic N) is 2. The number of hydrogen-bond donors (Lipinski definition) is 1. The number of rotatable bonds is 6. The fourth-order valence-electron chi connectivity index (χ4n) is 1.56. The number of sulfonamides is 1. The molecule has 0 aliphatic rings. The molecule has 0 aliphatic carbocycles. The van der Waals surface area contributed by atoms with Gasteiger partial charge in [-0.2, -0.15) is 5.10 Å². The van der Waals surface area contributed by atoms with Gasteiger partial charge in [-0.15, -0.1) is 0 Å². The summed E-state index contributed by atoms with van der Waals surface area (Å²) >= 11 is 5.80. The van der Waals surface area contributed by atoms with Gasteiger partial charge in [0.1, 0.15) is 0 Å². The van der Waals surface area contributed by atoms with E-state index in [0.717, 1.165) is 0 Å². The van der Waals surface area contributed by atoms with E-state index in [9.17, 15) is 8.42 Å². The first kappa shape index (κ1) is 15.4. The first-order chi connectivity index (χ1) is 8.33. The molecule has 104 valence electrons. The molecule has 1 heterocycles. The Bertz CT molecular complexity index is 478. The van der Waals surface area contributed by atoms with Gasteiger partial charge >= 0.3 is 0 Å². The Morgan fingerprint density at radius 1 is 1.44 bits per heavy atom. The van der Waals surface area contributed by atoms with Crippen LogP contribution in [0.15, 0.2) is 11.2 Å². The van der Waals surface area contributed by atoms with Crippen molar-refractivity contribution in [2.75, 3.05) is 14.2 Å². The van der Waals surface area contributed by atoms with Crippen LogP contribution in [0.25, 0.3) is 0 Å². The molecule has 0 saturated heterocycles. The van der Waals surface area contributed by atoms with E-state index in [1.807, 2.05) is 0 Å². The lowest BCUT2D eigenvalue weighted by Crippen LogP contribution is -2.43. The van der Waals surface area contributed by atoms with Crippen LogP contribution in [-0.2, 0) is 26.5 Å². The second-order valence-corrected chi connectivity index (χ2v) is 5.71. The van der Waals surface area contributed by atoms with Crippen LogP contribution in [0, 0.1) is 0 Å². The molecule has 0 radical (unpaired) electrons. The number of aromatic nitrogens is 2. The van der Waals surface area contributed by atoms with Gasteiger partial charge in [-0.3, -0.25) is 4.68 Å². The summed E-state index contributed by atoms with van der Waals surface area (Å²) in [7, 11) is 0.564. The number of nitrogens with one attached hydrogen (secondary N) is 1. The fourth-order valence-corrected chi connectivity index (χ4v) is 3.45. The first-order valence-electron chi connectivity index (χ1n) is 5.09. The molecule has 0 bridgehead atoms. The first-order valence-corrected chi connectivity index (χ1v) is 6.95. The van der Waals surface area contributed by atoms with Crippen LogP contribution < -0.4 is 4.72 Å². The molecular formula is C9H16ClN3O4S. The summed E-state index contributed by atoms with van der Waals surface area (Å²) in [6.07, 6.45) is 0.581. The smallest absolute Gasteiger partial charge is 0.259 e. The molecule has 18 heavy (non-hydrogen) atoms. The number of methoxy groups -OCH3 is 2. The zero-order valence-electron chi connectivity index (χ0n) is 10.5. The number of ether oxygens (including phenoxy) is 2. The molecule has 9 heteroatoms. The summed E-state index contributed by atoms with van der Waals surface area (Å²) in [5, 5.41) is 3.74. The van der Waals surface area contributed by atoms with Gasteiger partial charge in [-0.25, -0.2) is 13.1 Å². The molecule has 0 amide bonds. The van der Waals surface area contributed by atoms with Gasteiger partial charge in [0.15, 0.2) is 11.3 Å². The summed E-state index contributed by atoms with van der Waals surface area (Å²) in [5.41, 5.74) is 0. The number of aryl methyl sites for hydroxylation is 1. The minimum atomic E-state index is -3.78. The lowest BCUT2D eigenvalue weighted by atomic mass is 10.3. The minimum absolute atomic E-state index is 0.0589. The van der Waals surface area contributed by atoms with Crippen LogP contribution in [0.5, 0.6) is 0 Å². The van der Waals surface area contributed by atoms with Crippen molar-refractivity contribution in [3.8, 4) is 0 Å². The molecular weight excluding hydrogens is 282 g/mol. The molecule has 1 aromatic rings. The largest absolute Gasteiger partial charge is 0.354 e. The Hall–Kier alpha value is -0.670. The molecule has 1 rings (SSSR count). The summed E-state index contributed by atoms with van der Waals surface area (Å²) in [6, 6.07) is -0.573. The Kier molecular flexibility index (Phi) is 5.11. The Morgan fingerprint density at radius 2 is 2.00 bits per heavy atom. The normalized spacial score (nSPS) is 14.1. The molecule has 0 aromatic carbocycles. The molecule has 1 atom stereocenters. The highest BCUT2D eigenvalue weighted by Gasteiger charge is 2.27. The van der Waals surface area contributed by atoms with Gasteiger partial charge in [-0.05, 0) is 6.92 Å². The number of hydrogen-bond acceptors (Lipinski definition) is 5. The Labute approximate surface area is 111 Å². The van der Waals surface area contributed by atoms with E-state index in [-0.39, 0.29) is 10.0 Å². The minimum Gasteiger partial charge on any atom is -0.354 e. The third-order valence-electron chi connectivity index (χ3n) is 2.31. The highest BCUT2D eigenvalue weighted by molar-refractivity contribution is 7.89. The van der Waals surface area contributed by atoms with Crippen molar-refractivity contribution < 1.29 is 17.9 Å². The van der Waals surface area contributed by atoms with E-state index in [1.54, 1.807) is 6.92 Å². The molecule has 1 aromatic heterocycles. The van der Waals surface area contributed by atoms with Gasteiger partial charge in [-0.1, -0.05) is 11.6 Å². The Balaban J connectivity index is 2.96. The van der Waals surface area contributed by atoms with E-state index in [4.69, 9.17) is 21.1 Å². The van der Waals surface area contributed by atoms with E-state index in [2.05, 4.69) is 9.82 Å². The summed E-state index contributed by atoms with van der Waals surface area (Å²) in [5.74, 6) is 0. The third-order valence-corrected chi connectivity index (χ3v) is 4.37. The lowest BCUT2D eigenvalue weighted by Gasteiger charge is -2.21. The van der Waals surface area contributed by atoms with Crippen molar-refractivity contribution in [3.63, 3.8) is 0 Å². The molecule has 0 spiro atoms. The third kappa shape index (κ3) is 3.21. The standard InChI is InChI=1S/C9H16ClN3O4S/c1-6(9(16-3)17-4)12-18(14,15)8-7(10)5-11-13(8)2/h5-6,9,12H,1-4H3. The van der Waals surface area contributed by atoms with Crippen molar-refractivity contribution >= 4 is 21.6 Å². The maximum Gasteiger partial charge on any atom is 0.259 e. The summed E-state index contributed by atoms with van der Waals surface area (Å²) in [6.45, 7) is 1.62. The lowest BCUT2D eigenvalue weighted by molar-refractivity contribution is -0.115. The van der Waals surface area contributed by atoms with Gasteiger partial charge in [0.2, 0.25) is 0 Å². The van der Waals surface area contributed by atoms with Crippen LogP contribution in [0.3, 0.4) is 0 Å². The van der Waals surface area contributed by atoms with Gasteiger partial charge in [0.25, 0.3) is 10.0 Å². The van der Waals surface area contributed by atoms with E-state index in [0.29, 0.717) is 0 Å². The van der Waals surface area contributed by atoms with Gasteiger partial charge in [0, 0.05) is 21.3 Å². The monoisotopic (exact) mass is 297 g/mol. The maximum atomic E-state index is 12.1. The zero-order chi connectivity index (χ0) is 13.9. The second-order valence-electron chi connectivity index (χ2n) is 3.67. The van der Waals surface area contributed by atoms with Crippen LogP contribution in [0.1, 0.15) is 6.92 Å². The Morgan fingerprint density at radius 3 is 2.39 bits per heavy atom. The molecule has 1 unspecified atom stereocenters. The number of halogens is 1. The van der Waals surface area contributed by atoms with Crippen molar-refractivity contribution in [2.45, 2.75) is 24.3 Å². The highest BCUT2D eigenvalue weighted by atomic mass is 35.5. The average Bonchev–Trinajstić information content (AvgIpc) is 2.59. The molecule has 0 saturated carbocycles. The fraction of sp³-hybridized carbons (Fsp3) is 0.667. The second kappa shape index (κ2) is 5.98. The van der Waals surface area contributed by atoms with E-state index in [1.165, 1.54) is 32.1 Å². The van der Waals surface area contributed by atoms with Crippen molar-refractivity contribution in [3.05, 3.63) is 11.2 Å². The van der Waals surface area contributed by atoms with Crippen molar-refractivity contribution in [2.24, 2.45) is 7.05 Å². The SMILES string of the molecule is COC(OC)C(C)NS(=O)(=O)c1c(Cl)cnn1C. The quantitative estimate of drug-likeness (QED) is 0.767. The van der Waals surface area contributed by atoms with Crippen LogP contribution in [0.2, 0.25) is 5.02 Å². The van der Waals surface area contributed by atoms with Gasteiger partial charge < -0.3 is 9.47 Å². The molecule has 1 N–H and O–H groups in total. The van der Waals surface area contributed by atoms with Crippen LogP contribution >= 0.6 is 11.6 Å². The van der Waals surface area contributed by atoms with Crippen molar-refractivity contribution in [1.82, 2.24) is 14.5 Å². The predicted molar refractivity (Wildman–Crippen MR) is 65.8 cm³/mol. The zero-order valence-corrected chi connectivity index (χ0v) is 12.1. The molecule has 7 nitrogen and oxygen atoms in total. The van der Waals surface area contributed by atoms with Crippen LogP contribution in [0.4, 0.5) is 0 Å². The maximum absolute atomic E-state index is 12.1. The van der Waals surface area contributed by atoms with E-state index >= 15 is 0 Å². The van der Waals surface area contributed by atoms with E-state index < -0.39 is 22.4 Å². The highest BCUT2D eigenvalue weighted by Crippen LogP contribution is 2.20. The summed E-state index contributed by atoms with van der Waals surface area (Å²) in [4.78, 5) is 0.